The molecule has 6 rings (SSSR count). The summed E-state index contributed by atoms with van der Waals surface area (Å²) in [7, 11) is 0.628. The van der Waals surface area contributed by atoms with Crippen molar-refractivity contribution in [2.75, 3.05) is 39.3 Å². The normalized spacial score (nSPS) is 14.1. The number of amides is 2. The minimum atomic E-state index is -0.909. The van der Waals surface area contributed by atoms with Crippen LogP contribution in [-0.2, 0) is 23.8 Å². The van der Waals surface area contributed by atoms with Crippen LogP contribution in [0.5, 0.6) is 0 Å². The number of piperidine rings is 3. The number of aryl methyl sites for hydroxylation is 5. The van der Waals surface area contributed by atoms with Gasteiger partial charge in [-0.25, -0.2) is 4.79 Å². The van der Waals surface area contributed by atoms with Crippen molar-refractivity contribution in [2.45, 2.75) is 87.0 Å². The summed E-state index contributed by atoms with van der Waals surface area (Å²) >= 11 is 4.74. The number of nitriles is 1. The summed E-state index contributed by atoms with van der Waals surface area (Å²) in [6, 6.07) is 6.99. The Bertz CT molecular complexity index is 1920. The number of likely N-dealkylation sites (tertiary alicyclic amines) is 2. The number of Topliss-reactive ketones (excluding diaryl/α,β-unsaturated/α-hetero) is 3. The van der Waals surface area contributed by atoms with E-state index in [0.717, 1.165) is 53.0 Å². The Labute approximate surface area is 387 Å². The fraction of sp³-hybridized carbons (Fsp3) is 0.463. The summed E-state index contributed by atoms with van der Waals surface area (Å²) in [5, 5.41) is 28.7. The predicted octanol–water partition coefficient (Wildman–Crippen LogP) is 6.19. The van der Waals surface area contributed by atoms with E-state index in [9.17, 15) is 34.0 Å². The number of hydrogen-bond acceptors (Lipinski definition) is 11. The minimum absolute atomic E-state index is 0. The maximum absolute atomic E-state index is 12.4. The van der Waals surface area contributed by atoms with Gasteiger partial charge in [0, 0.05) is 115 Å². The standard InChI is InChI=1S/C13H17N2O3.C13H16N2O2.C8H9NO2.C5H9NO.C2H3N.ClH.2HI.V/c1-9-3-8-15(18)10(2)12(9)13(17)14-6-4-11(16)5-7-14;1-9-3-6-14-10(2)12(9)13(17)15-7-4-11(16)5-8-15;1-5-3-4-9-6(2)7(5)8(10)11;7-5-1-3-6-4-2-5;1-2-3;;;;/h3,8,18H,4-7H2,1-2H3;3,6H,4-5,7-8H2,1-2H3;3-4H,1-2H3,(H,10,11);6H,1-4H2;1H3;3*1H;/q+1;;;;;;;;+2/p-2. The fourth-order valence-electron chi connectivity index (χ4n) is 6.08. The number of aromatic nitrogens is 3. The van der Waals surface area contributed by atoms with E-state index < -0.39 is 5.97 Å². The van der Waals surface area contributed by atoms with E-state index in [1.165, 1.54) is 13.1 Å². The molecule has 0 unspecified atom stereocenters. The molecule has 0 saturated carbocycles. The second-order valence-corrected chi connectivity index (χ2v) is 25.3. The number of carbonyl (C=O) groups excluding carboxylic acids is 5. The Morgan fingerprint density at radius 1 is 0.717 bits per heavy atom. The third-order valence-electron chi connectivity index (χ3n) is 9.28. The van der Waals surface area contributed by atoms with Gasteiger partial charge in [-0.3, -0.25) is 39.1 Å². The fourth-order valence-corrected chi connectivity index (χ4v) is 6.08. The average molecular weight is 1110 g/mol. The second-order valence-electron chi connectivity index (χ2n) is 13.5. The molecule has 3 saturated heterocycles. The van der Waals surface area contributed by atoms with Gasteiger partial charge >= 0.3 is 55.4 Å². The SMILES string of the molecule is CC#N.Cc1cc[n+](O)c(C)c1C(=O)N1CCC(=O)CC1.Cc1ccnc(C)c1C(=O)N1CCC(=O)CC1.Cc1ccnc(C)c1C(=O)O.Cl.O=C1CCNCC1.[I][V][I]. The summed E-state index contributed by atoms with van der Waals surface area (Å²) in [5.74, 6) is -0.167. The van der Waals surface area contributed by atoms with Gasteiger partial charge in [0.1, 0.15) is 22.9 Å². The molecule has 3 aromatic rings. The van der Waals surface area contributed by atoms with E-state index in [-0.39, 0.29) is 35.8 Å². The molecule has 3 N–H and O–H groups in total. The van der Waals surface area contributed by atoms with Crippen molar-refractivity contribution in [1.82, 2.24) is 25.1 Å². The Hall–Kier alpha value is -3.55. The summed E-state index contributed by atoms with van der Waals surface area (Å²) in [4.78, 5) is 79.5. The molecule has 3 aliphatic rings. The zero-order valence-electron chi connectivity index (χ0n) is 35.1. The van der Waals surface area contributed by atoms with E-state index in [1.54, 1.807) is 61.2 Å². The molecule has 3 aliphatic heterocycles. The number of halogens is 3. The molecule has 327 valence electrons. The van der Waals surface area contributed by atoms with Crippen molar-refractivity contribution in [2.24, 2.45) is 0 Å². The first-order valence-corrected chi connectivity index (χ1v) is 27.8. The van der Waals surface area contributed by atoms with Crippen LogP contribution in [0.25, 0.3) is 0 Å². The Morgan fingerprint density at radius 3 is 1.40 bits per heavy atom. The zero-order valence-corrected chi connectivity index (χ0v) is 41.6. The summed E-state index contributed by atoms with van der Waals surface area (Å²) in [6.07, 6.45) is 8.11. The van der Waals surface area contributed by atoms with E-state index in [4.69, 9.17) is 10.4 Å². The first-order valence-electron chi connectivity index (χ1n) is 18.8. The maximum atomic E-state index is 12.4. The van der Waals surface area contributed by atoms with E-state index in [0.29, 0.717) is 95.2 Å². The number of aromatic carboxylic acids is 1. The number of nitrogens with one attached hydrogen (secondary N) is 1. The molecule has 0 atom stereocenters. The van der Waals surface area contributed by atoms with Gasteiger partial charge in [0.2, 0.25) is 11.9 Å². The van der Waals surface area contributed by atoms with Crippen LogP contribution in [-0.4, -0.2) is 104 Å². The predicted molar refractivity (Wildman–Crippen MR) is 242 cm³/mol. The van der Waals surface area contributed by atoms with Crippen molar-refractivity contribution in [3.05, 3.63) is 87.3 Å². The molecule has 0 aromatic carbocycles. The number of rotatable bonds is 3. The van der Waals surface area contributed by atoms with Crippen LogP contribution < -0.4 is 10.0 Å². The average Bonchev–Trinajstić information content (AvgIpc) is 3.18. The van der Waals surface area contributed by atoms with Gasteiger partial charge in [-0.1, -0.05) is 0 Å². The molecule has 0 radical (unpaired) electrons. The molecule has 0 bridgehead atoms. The third-order valence-corrected chi connectivity index (χ3v) is 9.28. The van der Waals surface area contributed by atoms with Crippen molar-refractivity contribution >= 4 is 87.5 Å². The first-order chi connectivity index (χ1) is 27.9. The van der Waals surface area contributed by atoms with Crippen LogP contribution in [0.3, 0.4) is 0 Å². The molecule has 2 amide bonds. The second kappa shape index (κ2) is 30.5. The van der Waals surface area contributed by atoms with Crippen molar-refractivity contribution in [1.29, 1.82) is 5.26 Å². The van der Waals surface area contributed by atoms with Gasteiger partial charge in [0.25, 0.3) is 11.8 Å². The van der Waals surface area contributed by atoms with Gasteiger partial charge < -0.3 is 20.2 Å². The number of pyridine rings is 3. The van der Waals surface area contributed by atoms with E-state index in [2.05, 4.69) is 55.2 Å². The van der Waals surface area contributed by atoms with Crippen molar-refractivity contribution < 1.29 is 53.3 Å². The van der Waals surface area contributed by atoms with E-state index in [1.807, 2.05) is 26.8 Å². The number of carboxylic acids is 1. The Balaban J connectivity index is 0.000000766. The van der Waals surface area contributed by atoms with Crippen LogP contribution in [0, 0.1) is 52.9 Å². The van der Waals surface area contributed by atoms with Crippen LogP contribution in [0.15, 0.2) is 36.8 Å². The van der Waals surface area contributed by atoms with Gasteiger partial charge in [-0.15, -0.1) is 12.4 Å². The molecule has 6 heterocycles. The number of carbonyl (C=O) groups is 6. The van der Waals surface area contributed by atoms with Gasteiger partial charge in [0.05, 0.1) is 28.6 Å². The van der Waals surface area contributed by atoms with Gasteiger partial charge in [-0.05, 0) is 63.4 Å². The topological polar surface area (TPSA) is 215 Å². The molecule has 0 aliphatic carbocycles. The summed E-state index contributed by atoms with van der Waals surface area (Å²) < 4.78 is 0.954. The zero-order chi connectivity index (χ0) is 44.7. The molecule has 15 nitrogen and oxygen atoms in total. The summed E-state index contributed by atoms with van der Waals surface area (Å²) in [6.45, 7) is 16.0. The molecule has 19 heteroatoms. The van der Waals surface area contributed by atoms with Crippen LogP contribution in [0.4, 0.5) is 0 Å². The third kappa shape index (κ3) is 19.4. The van der Waals surface area contributed by atoms with Crippen molar-refractivity contribution in [3.8, 4) is 6.07 Å². The molecular weight excluding hydrogens is 1060 g/mol. The number of nitrogens with zero attached hydrogens (tertiary/aromatic N) is 6. The van der Waals surface area contributed by atoms with Crippen LogP contribution >= 0.6 is 52.4 Å². The van der Waals surface area contributed by atoms with Crippen LogP contribution in [0.2, 0.25) is 0 Å². The van der Waals surface area contributed by atoms with Crippen molar-refractivity contribution in [3.63, 3.8) is 0 Å². The number of ketones is 3. The number of hydrogen-bond donors (Lipinski definition) is 3. The summed E-state index contributed by atoms with van der Waals surface area (Å²) in [5.41, 5.74) is 5.90. The molecule has 3 aromatic heterocycles. The van der Waals surface area contributed by atoms with Gasteiger partial charge in [0.15, 0.2) is 0 Å². The Morgan fingerprint density at radius 2 is 1.07 bits per heavy atom. The first kappa shape index (κ1) is 56.5. The molecular formula is C41H55ClI2N7O8V+. The quantitative estimate of drug-likeness (QED) is 0.152. The van der Waals surface area contributed by atoms with Gasteiger partial charge in [-0.2, -0.15) is 5.26 Å². The van der Waals surface area contributed by atoms with E-state index >= 15 is 0 Å². The molecule has 0 spiro atoms. The Kier molecular flexibility index (Phi) is 28.7. The monoisotopic (exact) mass is 1110 g/mol. The molecule has 3 fully saturated rings. The molecule has 60 heavy (non-hydrogen) atoms. The van der Waals surface area contributed by atoms with Crippen LogP contribution in [0.1, 0.15) is 110 Å². The number of carboxylic acid groups (broad SMARTS) is 1.